The summed E-state index contributed by atoms with van der Waals surface area (Å²) in [7, 11) is 1.58. The van der Waals surface area contributed by atoms with Gasteiger partial charge in [0.05, 0.1) is 12.8 Å². The summed E-state index contributed by atoms with van der Waals surface area (Å²) in [4.78, 5) is 0. The van der Waals surface area contributed by atoms with Crippen molar-refractivity contribution in [2.24, 2.45) is 0 Å². The standard InChI is InChI=1S/C20H17NO3/c1-23-15-10-13(9-14(22)11-15)12-21-18-7-4-6-17-16-5-2-3-8-19(16)24-20(17)18/h2-11,21-22H,12H2,1H3. The van der Waals surface area contributed by atoms with Crippen molar-refractivity contribution in [3.8, 4) is 11.5 Å². The highest BCUT2D eigenvalue weighted by atomic mass is 16.5. The molecule has 120 valence electrons. The van der Waals surface area contributed by atoms with E-state index >= 15 is 0 Å². The minimum Gasteiger partial charge on any atom is -0.508 e. The molecular weight excluding hydrogens is 302 g/mol. The summed E-state index contributed by atoms with van der Waals surface area (Å²) in [5.41, 5.74) is 3.57. The zero-order valence-corrected chi connectivity index (χ0v) is 13.2. The summed E-state index contributed by atoms with van der Waals surface area (Å²) in [6.07, 6.45) is 0. The zero-order chi connectivity index (χ0) is 16.5. The number of furan rings is 1. The van der Waals surface area contributed by atoms with Crippen LogP contribution in [0.25, 0.3) is 21.9 Å². The van der Waals surface area contributed by atoms with Crippen LogP contribution in [0.15, 0.2) is 65.1 Å². The molecule has 4 rings (SSSR count). The van der Waals surface area contributed by atoms with Crippen LogP contribution in [-0.2, 0) is 6.54 Å². The van der Waals surface area contributed by atoms with E-state index in [2.05, 4.69) is 17.4 Å². The van der Waals surface area contributed by atoms with Crippen molar-refractivity contribution < 1.29 is 14.3 Å². The molecule has 4 aromatic rings. The molecule has 3 aromatic carbocycles. The van der Waals surface area contributed by atoms with Crippen molar-refractivity contribution in [2.45, 2.75) is 6.54 Å². The average molecular weight is 319 g/mol. The molecule has 0 amide bonds. The van der Waals surface area contributed by atoms with E-state index < -0.39 is 0 Å². The number of para-hydroxylation sites is 2. The van der Waals surface area contributed by atoms with E-state index in [0.29, 0.717) is 12.3 Å². The Morgan fingerprint density at radius 2 is 1.83 bits per heavy atom. The summed E-state index contributed by atoms with van der Waals surface area (Å²) >= 11 is 0. The molecule has 0 aliphatic heterocycles. The molecule has 0 saturated carbocycles. The van der Waals surface area contributed by atoms with Gasteiger partial charge in [0, 0.05) is 23.4 Å². The molecule has 0 spiro atoms. The first-order chi connectivity index (χ1) is 11.7. The van der Waals surface area contributed by atoms with Gasteiger partial charge < -0.3 is 19.6 Å². The number of phenols is 1. The largest absolute Gasteiger partial charge is 0.508 e. The zero-order valence-electron chi connectivity index (χ0n) is 13.2. The number of phenolic OH excluding ortho intramolecular Hbond substituents is 1. The summed E-state index contributed by atoms with van der Waals surface area (Å²) in [6, 6.07) is 19.3. The molecule has 4 heteroatoms. The Bertz CT molecular complexity index is 1020. The number of hydrogen-bond donors (Lipinski definition) is 2. The molecule has 24 heavy (non-hydrogen) atoms. The van der Waals surface area contributed by atoms with Crippen molar-refractivity contribution in [3.63, 3.8) is 0 Å². The van der Waals surface area contributed by atoms with Gasteiger partial charge in [0.2, 0.25) is 0 Å². The maximum absolute atomic E-state index is 9.76. The molecule has 0 bridgehead atoms. The Labute approximate surface area is 139 Å². The monoisotopic (exact) mass is 319 g/mol. The number of methoxy groups -OCH3 is 1. The van der Waals surface area contributed by atoms with Crippen LogP contribution in [0.4, 0.5) is 5.69 Å². The molecule has 0 fully saturated rings. The first-order valence-corrected chi connectivity index (χ1v) is 7.75. The first kappa shape index (κ1) is 14.5. The predicted octanol–water partition coefficient (Wildman–Crippen LogP) is 4.91. The fourth-order valence-electron chi connectivity index (χ4n) is 2.95. The number of anilines is 1. The van der Waals surface area contributed by atoms with E-state index in [1.807, 2.05) is 36.4 Å². The summed E-state index contributed by atoms with van der Waals surface area (Å²) in [5.74, 6) is 0.821. The van der Waals surface area contributed by atoms with Crippen LogP contribution in [0.5, 0.6) is 11.5 Å². The number of nitrogens with one attached hydrogen (secondary N) is 1. The molecule has 1 aromatic heterocycles. The summed E-state index contributed by atoms with van der Waals surface area (Å²) < 4.78 is 11.2. The van der Waals surface area contributed by atoms with Crippen molar-refractivity contribution in [3.05, 3.63) is 66.2 Å². The highest BCUT2D eigenvalue weighted by Gasteiger charge is 2.10. The van der Waals surface area contributed by atoms with Crippen molar-refractivity contribution >= 4 is 27.6 Å². The lowest BCUT2D eigenvalue weighted by Gasteiger charge is -2.09. The third-order valence-corrected chi connectivity index (χ3v) is 4.07. The van der Waals surface area contributed by atoms with Crippen molar-refractivity contribution in [1.29, 1.82) is 0 Å². The van der Waals surface area contributed by atoms with Crippen molar-refractivity contribution in [1.82, 2.24) is 0 Å². The van der Waals surface area contributed by atoms with Crippen LogP contribution in [0.2, 0.25) is 0 Å². The third kappa shape index (κ3) is 2.52. The molecule has 1 heterocycles. The maximum Gasteiger partial charge on any atom is 0.158 e. The lowest BCUT2D eigenvalue weighted by molar-refractivity contribution is 0.407. The lowest BCUT2D eigenvalue weighted by Crippen LogP contribution is -2.00. The molecule has 0 radical (unpaired) electrons. The van der Waals surface area contributed by atoms with E-state index in [1.165, 1.54) is 0 Å². The fraction of sp³-hybridized carbons (Fsp3) is 0.100. The Kier molecular flexibility index (Phi) is 3.50. The molecule has 0 atom stereocenters. The van der Waals surface area contributed by atoms with Gasteiger partial charge in [-0.15, -0.1) is 0 Å². The van der Waals surface area contributed by atoms with Gasteiger partial charge in [-0.05, 0) is 29.8 Å². The molecule has 4 nitrogen and oxygen atoms in total. The van der Waals surface area contributed by atoms with Gasteiger partial charge in [0.1, 0.15) is 17.1 Å². The Morgan fingerprint density at radius 3 is 2.71 bits per heavy atom. The van der Waals surface area contributed by atoms with E-state index in [-0.39, 0.29) is 5.75 Å². The average Bonchev–Trinajstić information content (AvgIpc) is 2.99. The Hall–Kier alpha value is -3.14. The van der Waals surface area contributed by atoms with Gasteiger partial charge in [0.25, 0.3) is 0 Å². The first-order valence-electron chi connectivity index (χ1n) is 7.75. The second kappa shape index (κ2) is 5.81. The number of fused-ring (bicyclic) bond motifs is 3. The number of rotatable bonds is 4. The highest BCUT2D eigenvalue weighted by Crippen LogP contribution is 2.33. The van der Waals surface area contributed by atoms with Crippen LogP contribution in [-0.4, -0.2) is 12.2 Å². The predicted molar refractivity (Wildman–Crippen MR) is 95.7 cm³/mol. The molecule has 0 saturated heterocycles. The molecule has 2 N–H and O–H groups in total. The van der Waals surface area contributed by atoms with Gasteiger partial charge in [-0.2, -0.15) is 0 Å². The molecule has 0 aliphatic carbocycles. The van der Waals surface area contributed by atoms with Crippen molar-refractivity contribution in [2.75, 3.05) is 12.4 Å². The van der Waals surface area contributed by atoms with Gasteiger partial charge >= 0.3 is 0 Å². The van der Waals surface area contributed by atoms with Crippen LogP contribution in [0.1, 0.15) is 5.56 Å². The Morgan fingerprint density at radius 1 is 1.00 bits per heavy atom. The quantitative estimate of drug-likeness (QED) is 0.561. The van der Waals surface area contributed by atoms with E-state index in [9.17, 15) is 5.11 Å². The Balaban J connectivity index is 1.69. The van der Waals surface area contributed by atoms with Gasteiger partial charge in [-0.3, -0.25) is 0 Å². The van der Waals surface area contributed by atoms with Crippen LogP contribution >= 0.6 is 0 Å². The number of ether oxygens (including phenoxy) is 1. The SMILES string of the molecule is COc1cc(O)cc(CNc2cccc3c2oc2ccccc23)c1. The third-order valence-electron chi connectivity index (χ3n) is 4.07. The fourth-order valence-corrected chi connectivity index (χ4v) is 2.95. The number of aromatic hydroxyl groups is 1. The second-order valence-electron chi connectivity index (χ2n) is 5.67. The summed E-state index contributed by atoms with van der Waals surface area (Å²) in [5, 5.41) is 15.3. The van der Waals surface area contributed by atoms with Gasteiger partial charge in [0.15, 0.2) is 5.58 Å². The summed E-state index contributed by atoms with van der Waals surface area (Å²) in [6.45, 7) is 0.556. The minimum atomic E-state index is 0.188. The topological polar surface area (TPSA) is 54.6 Å². The van der Waals surface area contributed by atoms with Gasteiger partial charge in [-0.1, -0.05) is 30.3 Å². The highest BCUT2D eigenvalue weighted by molar-refractivity contribution is 6.08. The van der Waals surface area contributed by atoms with Crippen LogP contribution in [0.3, 0.4) is 0 Å². The van der Waals surface area contributed by atoms with Crippen LogP contribution in [0, 0.1) is 0 Å². The molecular formula is C20H17NO3. The number of benzene rings is 3. The van der Waals surface area contributed by atoms with E-state index in [0.717, 1.165) is 33.2 Å². The maximum atomic E-state index is 9.76. The normalized spacial score (nSPS) is 11.0. The van der Waals surface area contributed by atoms with Crippen LogP contribution < -0.4 is 10.1 Å². The molecule has 0 aliphatic rings. The lowest BCUT2D eigenvalue weighted by atomic mass is 10.1. The van der Waals surface area contributed by atoms with Gasteiger partial charge in [-0.25, -0.2) is 0 Å². The minimum absolute atomic E-state index is 0.188. The molecule has 0 unspecified atom stereocenters. The second-order valence-corrected chi connectivity index (χ2v) is 5.67. The van der Waals surface area contributed by atoms with E-state index in [4.69, 9.17) is 9.15 Å². The smallest absolute Gasteiger partial charge is 0.158 e. The van der Waals surface area contributed by atoms with E-state index in [1.54, 1.807) is 19.2 Å². The number of hydrogen-bond acceptors (Lipinski definition) is 4.